The Hall–Kier alpha value is -5.70. The summed E-state index contributed by atoms with van der Waals surface area (Å²) in [5, 5.41) is 7.76. The molecule has 1 aliphatic rings. The van der Waals surface area contributed by atoms with E-state index in [9.17, 15) is 0 Å². The van der Waals surface area contributed by atoms with Gasteiger partial charge in [-0.1, -0.05) is 156 Å². The molecule has 8 aromatic carbocycles. The van der Waals surface area contributed by atoms with Crippen LogP contribution in [0, 0.1) is 0 Å². The second-order valence-corrected chi connectivity index (χ2v) is 17.2. The molecule has 0 fully saturated rings. The Morgan fingerprint density at radius 2 is 1.15 bits per heavy atom. The molecule has 0 atom stereocenters. The van der Waals surface area contributed by atoms with Crippen LogP contribution in [0.15, 0.2) is 158 Å². The molecule has 0 saturated carbocycles. The van der Waals surface area contributed by atoms with Crippen LogP contribution in [-0.2, 0) is 10.8 Å². The van der Waals surface area contributed by atoms with Crippen LogP contribution in [0.4, 0.5) is 17.1 Å². The molecule has 0 saturated heterocycles. The molecule has 0 amide bonds. The van der Waals surface area contributed by atoms with Gasteiger partial charge < -0.3 is 4.90 Å². The van der Waals surface area contributed by atoms with Gasteiger partial charge >= 0.3 is 0 Å². The van der Waals surface area contributed by atoms with Crippen molar-refractivity contribution in [2.75, 3.05) is 4.90 Å². The largest absolute Gasteiger partial charge is 0.310 e. The van der Waals surface area contributed by atoms with Crippen LogP contribution in [0.5, 0.6) is 0 Å². The first kappa shape index (κ1) is 32.0. The van der Waals surface area contributed by atoms with E-state index < -0.39 is 0 Å². The van der Waals surface area contributed by atoms with Crippen molar-refractivity contribution in [3.63, 3.8) is 0 Å². The van der Waals surface area contributed by atoms with Gasteiger partial charge in [-0.3, -0.25) is 0 Å². The lowest BCUT2D eigenvalue weighted by Crippen LogP contribution is -2.16. The number of hydrogen-bond donors (Lipinski definition) is 0. The van der Waals surface area contributed by atoms with E-state index >= 15 is 0 Å². The first-order valence-corrected chi connectivity index (χ1v) is 19.5. The van der Waals surface area contributed by atoms with Crippen LogP contribution in [0.3, 0.4) is 0 Å². The van der Waals surface area contributed by atoms with Crippen molar-refractivity contribution in [2.24, 2.45) is 0 Å². The average molecular weight is 700 g/mol. The number of benzene rings is 8. The molecule has 0 radical (unpaired) electrons. The minimum absolute atomic E-state index is 0.0555. The molecule has 1 aromatic heterocycles. The smallest absolute Gasteiger partial charge is 0.0547 e. The van der Waals surface area contributed by atoms with E-state index in [0.717, 1.165) is 11.4 Å². The Morgan fingerprint density at radius 1 is 0.509 bits per heavy atom. The van der Waals surface area contributed by atoms with E-state index in [1.807, 2.05) is 11.3 Å². The number of rotatable bonds is 4. The second kappa shape index (κ2) is 11.7. The van der Waals surface area contributed by atoms with Gasteiger partial charge in [-0.15, -0.1) is 11.3 Å². The fourth-order valence-corrected chi connectivity index (χ4v) is 10.2. The van der Waals surface area contributed by atoms with Gasteiger partial charge in [0, 0.05) is 48.1 Å². The minimum atomic E-state index is -0.117. The maximum Gasteiger partial charge on any atom is 0.0547 e. The summed E-state index contributed by atoms with van der Waals surface area (Å²) >= 11 is 1.90. The first-order valence-electron chi connectivity index (χ1n) is 18.7. The fourth-order valence-electron chi connectivity index (χ4n) is 8.95. The Bertz CT molecular complexity index is 2900. The predicted molar refractivity (Wildman–Crippen MR) is 231 cm³/mol. The van der Waals surface area contributed by atoms with Gasteiger partial charge in [0.2, 0.25) is 0 Å². The maximum atomic E-state index is 2.51. The molecular formula is C51H41NS. The molecule has 10 rings (SSSR count). The summed E-state index contributed by atoms with van der Waals surface area (Å²) in [6, 6.07) is 59.2. The molecule has 0 N–H and O–H groups in total. The highest BCUT2D eigenvalue weighted by Crippen LogP contribution is 2.54. The van der Waals surface area contributed by atoms with Gasteiger partial charge in [-0.05, 0) is 91.2 Å². The zero-order valence-electron chi connectivity index (χ0n) is 30.9. The predicted octanol–water partition coefficient (Wildman–Crippen LogP) is 15.1. The highest BCUT2D eigenvalue weighted by Gasteiger charge is 2.37. The third kappa shape index (κ3) is 4.89. The molecule has 0 aliphatic heterocycles. The van der Waals surface area contributed by atoms with Gasteiger partial charge in [0.25, 0.3) is 0 Å². The van der Waals surface area contributed by atoms with Gasteiger partial charge in [-0.25, -0.2) is 0 Å². The minimum Gasteiger partial charge on any atom is -0.310 e. The van der Waals surface area contributed by atoms with Crippen LogP contribution >= 0.6 is 11.3 Å². The number of nitrogens with zero attached hydrogens (tertiary/aromatic N) is 1. The molecule has 9 aromatic rings. The Morgan fingerprint density at radius 3 is 1.92 bits per heavy atom. The second-order valence-electron chi connectivity index (χ2n) is 16.2. The van der Waals surface area contributed by atoms with Gasteiger partial charge in [-0.2, -0.15) is 0 Å². The van der Waals surface area contributed by atoms with Gasteiger partial charge in [0.05, 0.1) is 5.69 Å². The number of thiophene rings is 1. The molecule has 0 bridgehead atoms. The molecule has 0 unspecified atom stereocenters. The van der Waals surface area contributed by atoms with Crippen molar-refractivity contribution >= 4 is 70.1 Å². The van der Waals surface area contributed by atoms with Crippen LogP contribution in [0.2, 0.25) is 0 Å². The van der Waals surface area contributed by atoms with Crippen molar-refractivity contribution < 1.29 is 0 Å². The lowest BCUT2D eigenvalue weighted by atomic mass is 9.80. The summed E-state index contributed by atoms with van der Waals surface area (Å²) in [5.41, 5.74) is 12.7. The molecule has 53 heavy (non-hydrogen) atoms. The van der Waals surface area contributed by atoms with Crippen molar-refractivity contribution in [3.8, 4) is 22.3 Å². The Labute approximate surface area is 315 Å². The highest BCUT2D eigenvalue weighted by atomic mass is 32.1. The molecule has 256 valence electrons. The van der Waals surface area contributed by atoms with Crippen LogP contribution in [0.1, 0.15) is 51.3 Å². The molecule has 0 spiro atoms. The van der Waals surface area contributed by atoms with Crippen LogP contribution < -0.4 is 4.90 Å². The zero-order valence-corrected chi connectivity index (χ0v) is 31.7. The van der Waals surface area contributed by atoms with Crippen molar-refractivity contribution in [2.45, 2.75) is 45.4 Å². The van der Waals surface area contributed by atoms with Crippen molar-refractivity contribution in [1.82, 2.24) is 0 Å². The van der Waals surface area contributed by atoms with E-state index in [-0.39, 0.29) is 10.8 Å². The first-order chi connectivity index (χ1) is 25.7. The van der Waals surface area contributed by atoms with E-state index in [0.29, 0.717) is 0 Å². The summed E-state index contributed by atoms with van der Waals surface area (Å²) in [7, 11) is 0. The molecule has 1 heterocycles. The SMILES string of the molecule is CC(C)(C)c1ccc(N(c2ccc3c(c2)-c2ccc4ccccc4c2C3(C)C)c2ccc3ccccc3c2-c2cccc3c2sc2ccccc23)cc1. The fraction of sp³-hybridized carbons (Fsp3) is 0.137. The van der Waals surface area contributed by atoms with Crippen LogP contribution in [0.25, 0.3) is 64.0 Å². The summed E-state index contributed by atoms with van der Waals surface area (Å²) < 4.78 is 2.64. The standard InChI is InChI=1S/C51H41NS/c1-50(2,3)34-23-25-35(26-24-34)52(36-27-29-44-43(31-36)40-28-21-33-14-7-9-16-38(33)48(40)51(44,4)5)45-30-22-32-13-6-8-15-37(32)47(45)42-19-12-18-41-39-17-10-11-20-46(39)53-49(41)42/h6-31H,1-5H3. The third-order valence-electron chi connectivity index (χ3n) is 11.6. The van der Waals surface area contributed by atoms with E-state index in [1.165, 1.54) is 86.3 Å². The summed E-state index contributed by atoms with van der Waals surface area (Å²) in [5.74, 6) is 0. The number of hydrogen-bond acceptors (Lipinski definition) is 2. The number of anilines is 3. The lowest BCUT2D eigenvalue weighted by molar-refractivity contribution is 0.590. The highest BCUT2D eigenvalue weighted by molar-refractivity contribution is 7.26. The third-order valence-corrected chi connectivity index (χ3v) is 12.8. The average Bonchev–Trinajstić information content (AvgIpc) is 3.67. The Kier molecular flexibility index (Phi) is 7.03. The Balaban J connectivity index is 1.27. The lowest BCUT2D eigenvalue weighted by Gasteiger charge is -2.30. The van der Waals surface area contributed by atoms with Gasteiger partial charge in [0.15, 0.2) is 0 Å². The molecule has 1 aliphatic carbocycles. The van der Waals surface area contributed by atoms with Crippen LogP contribution in [-0.4, -0.2) is 0 Å². The van der Waals surface area contributed by atoms with Crippen molar-refractivity contribution in [3.05, 3.63) is 174 Å². The van der Waals surface area contributed by atoms with E-state index in [1.54, 1.807) is 0 Å². The summed E-state index contributed by atoms with van der Waals surface area (Å²) in [4.78, 5) is 2.51. The van der Waals surface area contributed by atoms with E-state index in [2.05, 4.69) is 197 Å². The quantitative estimate of drug-likeness (QED) is 0.177. The molecule has 1 nitrogen and oxygen atoms in total. The molecule has 2 heteroatoms. The van der Waals surface area contributed by atoms with Gasteiger partial charge in [0.1, 0.15) is 0 Å². The maximum absolute atomic E-state index is 2.51. The topological polar surface area (TPSA) is 3.24 Å². The number of fused-ring (bicyclic) bond motifs is 9. The summed E-state index contributed by atoms with van der Waals surface area (Å²) in [6.07, 6.45) is 0. The normalized spacial score (nSPS) is 13.5. The molecular weight excluding hydrogens is 659 g/mol. The van der Waals surface area contributed by atoms with E-state index in [4.69, 9.17) is 0 Å². The monoisotopic (exact) mass is 699 g/mol. The zero-order chi connectivity index (χ0) is 36.1. The summed E-state index contributed by atoms with van der Waals surface area (Å²) in [6.45, 7) is 11.6. The van der Waals surface area contributed by atoms with Crippen molar-refractivity contribution in [1.29, 1.82) is 0 Å².